The Labute approximate surface area is 147 Å². The lowest BCUT2D eigenvalue weighted by Gasteiger charge is -1.99. The van der Waals surface area contributed by atoms with Crippen LogP contribution in [0.2, 0.25) is 5.02 Å². The van der Waals surface area contributed by atoms with Gasteiger partial charge in [-0.1, -0.05) is 59.3 Å². The lowest BCUT2D eigenvalue weighted by atomic mass is 10.1. The lowest BCUT2D eigenvalue weighted by molar-refractivity contribution is 0.0998. The average molecular weight is 353 g/mol. The highest BCUT2D eigenvalue weighted by Gasteiger charge is 2.09. The van der Waals surface area contributed by atoms with Crippen molar-refractivity contribution in [1.82, 2.24) is 4.57 Å². The minimum Gasteiger partial charge on any atom is -0.319 e. The first-order chi connectivity index (χ1) is 11.6. The first-order valence-electron chi connectivity index (χ1n) is 7.45. The van der Waals surface area contributed by atoms with Crippen molar-refractivity contribution in [3.8, 4) is 0 Å². The third kappa shape index (κ3) is 2.54. The van der Waals surface area contributed by atoms with Crippen molar-refractivity contribution < 1.29 is 4.79 Å². The predicted molar refractivity (Wildman–Crippen MR) is 99.6 cm³/mol. The van der Waals surface area contributed by atoms with Crippen LogP contribution in [-0.2, 0) is 7.05 Å². The van der Waals surface area contributed by atoms with Crippen molar-refractivity contribution in [3.05, 3.63) is 76.1 Å². The summed E-state index contributed by atoms with van der Waals surface area (Å²) in [5, 5.41) is 2.88. The van der Waals surface area contributed by atoms with E-state index in [0.29, 0.717) is 15.4 Å². The standard InChI is InChI=1S/C19H13ClN2OS/c1-22-16-10-9-12-5-2-3-8-15(12)17(16)24-19(22)21-18(23)13-6-4-7-14(20)11-13/h2-11H,1H3. The van der Waals surface area contributed by atoms with Crippen molar-refractivity contribution >= 4 is 49.8 Å². The van der Waals surface area contributed by atoms with E-state index in [1.165, 1.54) is 22.1 Å². The highest BCUT2D eigenvalue weighted by atomic mass is 35.5. The molecule has 3 aromatic carbocycles. The van der Waals surface area contributed by atoms with Crippen LogP contribution in [0.5, 0.6) is 0 Å². The van der Waals surface area contributed by atoms with Crippen LogP contribution in [0, 0.1) is 0 Å². The second-order valence-electron chi connectivity index (χ2n) is 5.51. The summed E-state index contributed by atoms with van der Waals surface area (Å²) in [5.74, 6) is -0.288. The first-order valence-corrected chi connectivity index (χ1v) is 8.65. The molecule has 24 heavy (non-hydrogen) atoms. The Hall–Kier alpha value is -2.43. The van der Waals surface area contributed by atoms with Gasteiger partial charge in [0.15, 0.2) is 4.80 Å². The number of nitrogens with zero attached hydrogens (tertiary/aromatic N) is 2. The van der Waals surface area contributed by atoms with Crippen molar-refractivity contribution in [3.63, 3.8) is 0 Å². The Bertz CT molecular complexity index is 1160. The maximum atomic E-state index is 12.4. The van der Waals surface area contributed by atoms with E-state index in [0.717, 1.165) is 10.2 Å². The van der Waals surface area contributed by atoms with Gasteiger partial charge in [0.25, 0.3) is 5.91 Å². The molecule has 0 fully saturated rings. The van der Waals surface area contributed by atoms with Crippen molar-refractivity contribution in [2.75, 3.05) is 0 Å². The van der Waals surface area contributed by atoms with Gasteiger partial charge in [-0.2, -0.15) is 4.99 Å². The molecule has 0 unspecified atom stereocenters. The van der Waals surface area contributed by atoms with Crippen LogP contribution in [0.3, 0.4) is 0 Å². The number of benzene rings is 3. The summed E-state index contributed by atoms with van der Waals surface area (Å²) in [4.78, 5) is 17.4. The summed E-state index contributed by atoms with van der Waals surface area (Å²) < 4.78 is 3.09. The number of aryl methyl sites for hydroxylation is 1. The molecule has 4 rings (SSSR count). The molecule has 4 aromatic rings. The molecule has 0 aliphatic rings. The van der Waals surface area contributed by atoms with Crippen LogP contribution in [0.1, 0.15) is 10.4 Å². The van der Waals surface area contributed by atoms with Crippen molar-refractivity contribution in [2.45, 2.75) is 0 Å². The molecule has 118 valence electrons. The van der Waals surface area contributed by atoms with Gasteiger partial charge in [0.2, 0.25) is 0 Å². The van der Waals surface area contributed by atoms with Crippen LogP contribution in [0.15, 0.2) is 65.7 Å². The molecule has 0 aliphatic carbocycles. The number of fused-ring (bicyclic) bond motifs is 3. The van der Waals surface area contributed by atoms with Gasteiger partial charge in [0.05, 0.1) is 10.2 Å². The van der Waals surface area contributed by atoms with Gasteiger partial charge in [-0.15, -0.1) is 0 Å². The quantitative estimate of drug-likeness (QED) is 0.485. The van der Waals surface area contributed by atoms with E-state index in [4.69, 9.17) is 11.6 Å². The van der Waals surface area contributed by atoms with Gasteiger partial charge in [0, 0.05) is 23.0 Å². The molecule has 5 heteroatoms. The summed E-state index contributed by atoms with van der Waals surface area (Å²) in [6, 6.07) is 19.2. The Balaban J connectivity index is 1.92. The predicted octanol–water partition coefficient (Wildman–Crippen LogP) is 4.79. The zero-order valence-corrected chi connectivity index (χ0v) is 14.4. The molecular weight excluding hydrogens is 340 g/mol. The van der Waals surface area contributed by atoms with Crippen LogP contribution in [-0.4, -0.2) is 10.5 Å². The molecule has 0 N–H and O–H groups in total. The number of aromatic nitrogens is 1. The van der Waals surface area contributed by atoms with Gasteiger partial charge in [-0.3, -0.25) is 4.79 Å². The molecule has 0 radical (unpaired) electrons. The van der Waals surface area contributed by atoms with Crippen molar-refractivity contribution in [1.29, 1.82) is 0 Å². The van der Waals surface area contributed by atoms with E-state index in [-0.39, 0.29) is 5.91 Å². The van der Waals surface area contributed by atoms with Crippen LogP contribution in [0.4, 0.5) is 0 Å². The van der Waals surface area contributed by atoms with Crippen LogP contribution in [0.25, 0.3) is 21.0 Å². The number of carbonyl (C=O) groups excluding carboxylic acids is 1. The van der Waals surface area contributed by atoms with E-state index in [1.54, 1.807) is 24.3 Å². The van der Waals surface area contributed by atoms with Crippen LogP contribution >= 0.6 is 22.9 Å². The van der Waals surface area contributed by atoms with Gasteiger partial charge in [-0.05, 0) is 29.7 Å². The molecule has 1 amide bonds. The monoisotopic (exact) mass is 352 g/mol. The Kier molecular flexibility index (Phi) is 3.71. The Morgan fingerprint density at radius 1 is 1.08 bits per heavy atom. The maximum Gasteiger partial charge on any atom is 0.279 e. The van der Waals surface area contributed by atoms with Gasteiger partial charge in [-0.25, -0.2) is 0 Å². The van der Waals surface area contributed by atoms with E-state index in [9.17, 15) is 4.79 Å². The molecular formula is C19H13ClN2OS. The summed E-state index contributed by atoms with van der Waals surface area (Å²) in [7, 11) is 1.93. The fraction of sp³-hybridized carbons (Fsp3) is 0.0526. The summed E-state index contributed by atoms with van der Waals surface area (Å²) in [6.07, 6.45) is 0. The summed E-state index contributed by atoms with van der Waals surface area (Å²) >= 11 is 7.48. The van der Waals surface area contributed by atoms with E-state index < -0.39 is 0 Å². The van der Waals surface area contributed by atoms with Crippen molar-refractivity contribution in [2.24, 2.45) is 12.0 Å². The third-order valence-corrected chi connectivity index (χ3v) is 5.39. The largest absolute Gasteiger partial charge is 0.319 e. The second kappa shape index (κ2) is 5.89. The number of amides is 1. The molecule has 0 atom stereocenters. The zero-order valence-electron chi connectivity index (χ0n) is 12.9. The summed E-state index contributed by atoms with van der Waals surface area (Å²) in [6.45, 7) is 0. The highest BCUT2D eigenvalue weighted by molar-refractivity contribution is 7.17. The number of thiazole rings is 1. The topological polar surface area (TPSA) is 34.4 Å². The molecule has 3 nitrogen and oxygen atoms in total. The molecule has 0 saturated heterocycles. The average Bonchev–Trinajstić information content (AvgIpc) is 2.91. The Morgan fingerprint density at radius 2 is 1.92 bits per heavy atom. The number of hydrogen-bond donors (Lipinski definition) is 0. The number of rotatable bonds is 1. The number of halogens is 1. The Morgan fingerprint density at radius 3 is 2.75 bits per heavy atom. The molecule has 0 bridgehead atoms. The minimum absolute atomic E-state index is 0.288. The normalized spacial score (nSPS) is 12.2. The SMILES string of the molecule is Cn1c(=NC(=O)c2cccc(Cl)c2)sc2c3ccccc3ccc21. The molecule has 0 spiro atoms. The van der Waals surface area contributed by atoms with Crippen LogP contribution < -0.4 is 4.80 Å². The van der Waals surface area contributed by atoms with E-state index >= 15 is 0 Å². The smallest absolute Gasteiger partial charge is 0.279 e. The second-order valence-corrected chi connectivity index (χ2v) is 6.92. The molecule has 0 aliphatic heterocycles. The van der Waals surface area contributed by atoms with Gasteiger partial charge < -0.3 is 4.57 Å². The van der Waals surface area contributed by atoms with E-state index in [2.05, 4.69) is 29.3 Å². The highest BCUT2D eigenvalue weighted by Crippen LogP contribution is 2.27. The van der Waals surface area contributed by atoms with Gasteiger partial charge in [0.1, 0.15) is 0 Å². The minimum atomic E-state index is -0.288. The molecule has 1 heterocycles. The first kappa shape index (κ1) is 15.1. The fourth-order valence-electron chi connectivity index (χ4n) is 2.74. The fourth-order valence-corrected chi connectivity index (χ4v) is 4.08. The summed E-state index contributed by atoms with van der Waals surface area (Å²) in [5.41, 5.74) is 1.56. The maximum absolute atomic E-state index is 12.4. The van der Waals surface area contributed by atoms with Gasteiger partial charge >= 0.3 is 0 Å². The lowest BCUT2D eigenvalue weighted by Crippen LogP contribution is -2.13. The van der Waals surface area contributed by atoms with E-state index in [1.807, 2.05) is 23.7 Å². The number of hydrogen-bond acceptors (Lipinski definition) is 2. The number of carbonyl (C=O) groups is 1. The molecule has 1 aromatic heterocycles. The third-order valence-electron chi connectivity index (χ3n) is 3.97. The molecule has 0 saturated carbocycles. The zero-order chi connectivity index (χ0) is 16.7.